The summed E-state index contributed by atoms with van der Waals surface area (Å²) in [5.74, 6) is 1.64. The Morgan fingerprint density at radius 3 is 2.60 bits per heavy atom. The maximum atomic E-state index is 13.8. The molecule has 0 spiro atoms. The molecule has 2 aliphatic heterocycles. The second-order valence-corrected chi connectivity index (χ2v) is 10.6. The molecule has 40 heavy (non-hydrogen) atoms. The highest BCUT2D eigenvalue weighted by molar-refractivity contribution is 6.30. The number of aromatic nitrogens is 1. The third-order valence-corrected chi connectivity index (χ3v) is 7.87. The van der Waals surface area contributed by atoms with Crippen LogP contribution >= 0.6 is 11.6 Å². The van der Waals surface area contributed by atoms with Gasteiger partial charge in [0.05, 0.1) is 24.3 Å². The number of benzene rings is 1. The van der Waals surface area contributed by atoms with Gasteiger partial charge in [-0.25, -0.2) is 9.78 Å². The van der Waals surface area contributed by atoms with Crippen LogP contribution in [-0.4, -0.2) is 85.5 Å². The van der Waals surface area contributed by atoms with Crippen molar-refractivity contribution in [2.45, 2.75) is 25.3 Å². The molecule has 0 N–H and O–H groups in total. The first kappa shape index (κ1) is 28.0. The minimum Gasteiger partial charge on any atom is -0.308 e. The van der Waals surface area contributed by atoms with Crippen molar-refractivity contribution >= 4 is 40.9 Å². The molecule has 5 rings (SSSR count). The highest BCUT2D eigenvalue weighted by Crippen LogP contribution is 2.31. The number of hydroxylamine groups is 1. The molecule has 1 aliphatic carbocycles. The maximum Gasteiger partial charge on any atom is 0.281 e. The van der Waals surface area contributed by atoms with Gasteiger partial charge in [0.2, 0.25) is 0 Å². The molecular formula is C30H32ClN5O4. The molecule has 3 aliphatic rings. The predicted molar refractivity (Wildman–Crippen MR) is 154 cm³/mol. The fourth-order valence-electron chi connectivity index (χ4n) is 5.48. The summed E-state index contributed by atoms with van der Waals surface area (Å²) in [5, 5.41) is 1.74. The van der Waals surface area contributed by atoms with E-state index in [1.807, 2.05) is 25.1 Å². The quantitative estimate of drug-likeness (QED) is 0.408. The summed E-state index contributed by atoms with van der Waals surface area (Å²) in [7, 11) is 3.43. The number of piperazine rings is 1. The molecule has 1 aromatic heterocycles. The van der Waals surface area contributed by atoms with E-state index in [1.54, 1.807) is 41.3 Å². The van der Waals surface area contributed by atoms with Gasteiger partial charge in [-0.15, -0.1) is 0 Å². The van der Waals surface area contributed by atoms with E-state index in [1.165, 1.54) is 13.3 Å². The van der Waals surface area contributed by atoms with Crippen LogP contribution in [0, 0.1) is 0 Å². The van der Waals surface area contributed by atoms with Crippen molar-refractivity contribution in [2.24, 2.45) is 0 Å². The molecule has 1 unspecified atom stereocenters. The Bertz CT molecular complexity index is 1390. The third-order valence-electron chi connectivity index (χ3n) is 7.63. The van der Waals surface area contributed by atoms with E-state index in [0.717, 1.165) is 48.7 Å². The van der Waals surface area contributed by atoms with Crippen molar-refractivity contribution in [2.75, 3.05) is 56.8 Å². The number of likely N-dealkylation sites (N-methyl/N-ethyl adjacent to an activating group) is 1. The summed E-state index contributed by atoms with van der Waals surface area (Å²) < 4.78 is 0. The van der Waals surface area contributed by atoms with Crippen LogP contribution in [0.25, 0.3) is 0 Å². The molecule has 1 fully saturated rings. The fraction of sp³-hybridized carbons (Fsp3) is 0.367. The zero-order valence-electron chi connectivity index (χ0n) is 22.7. The topological polar surface area (TPSA) is 86.3 Å². The molecule has 1 aromatic carbocycles. The Kier molecular flexibility index (Phi) is 8.59. The molecule has 0 saturated carbocycles. The maximum absolute atomic E-state index is 13.8. The largest absolute Gasteiger partial charge is 0.308 e. The van der Waals surface area contributed by atoms with E-state index in [0.29, 0.717) is 41.4 Å². The van der Waals surface area contributed by atoms with E-state index in [-0.39, 0.29) is 11.7 Å². The lowest BCUT2D eigenvalue weighted by Crippen LogP contribution is -2.52. The number of fused-ring (bicyclic) bond motifs is 1. The molecule has 2 amide bonds. The highest BCUT2D eigenvalue weighted by atomic mass is 35.5. The average Bonchev–Trinajstić information content (AvgIpc) is 3.19. The van der Waals surface area contributed by atoms with Crippen LogP contribution in [0.2, 0.25) is 5.02 Å². The lowest BCUT2D eigenvalue weighted by Gasteiger charge is -2.39. The number of nitrogens with zero attached hydrogens (tertiary/aromatic N) is 5. The van der Waals surface area contributed by atoms with Crippen LogP contribution in [0.5, 0.6) is 0 Å². The normalized spacial score (nSPS) is 19.9. The van der Waals surface area contributed by atoms with Crippen LogP contribution < -0.4 is 9.96 Å². The Labute approximate surface area is 238 Å². The van der Waals surface area contributed by atoms with Gasteiger partial charge in [0, 0.05) is 55.2 Å². The van der Waals surface area contributed by atoms with Gasteiger partial charge in [-0.1, -0.05) is 23.8 Å². The van der Waals surface area contributed by atoms with E-state index in [2.05, 4.69) is 14.8 Å². The Balaban J connectivity index is 1.38. The van der Waals surface area contributed by atoms with Gasteiger partial charge in [-0.2, -0.15) is 5.06 Å². The number of carbonyl (C=O) groups excluding carboxylic acids is 3. The summed E-state index contributed by atoms with van der Waals surface area (Å²) in [6, 6.07) is 8.31. The van der Waals surface area contributed by atoms with Gasteiger partial charge in [0.1, 0.15) is 5.94 Å². The number of allylic oxidation sites excluding steroid dienone is 2. The van der Waals surface area contributed by atoms with E-state index in [9.17, 15) is 14.4 Å². The Morgan fingerprint density at radius 1 is 1.10 bits per heavy atom. The van der Waals surface area contributed by atoms with Crippen molar-refractivity contribution in [1.82, 2.24) is 14.8 Å². The van der Waals surface area contributed by atoms with Crippen LogP contribution in [0.1, 0.15) is 28.8 Å². The van der Waals surface area contributed by atoms with Gasteiger partial charge in [0.15, 0.2) is 5.82 Å². The molecule has 1 atom stereocenters. The fourth-order valence-corrected chi connectivity index (χ4v) is 5.67. The van der Waals surface area contributed by atoms with E-state index in [4.69, 9.17) is 16.4 Å². The lowest BCUT2D eigenvalue weighted by atomic mass is 9.91. The molecule has 3 heterocycles. The van der Waals surface area contributed by atoms with Crippen molar-refractivity contribution in [3.8, 4) is 0 Å². The number of aryl methyl sites for hydroxylation is 1. The summed E-state index contributed by atoms with van der Waals surface area (Å²) >= 11 is 6.20. The average molecular weight is 562 g/mol. The second kappa shape index (κ2) is 12.3. The number of pyridine rings is 1. The lowest BCUT2D eigenvalue weighted by molar-refractivity contribution is -0.121. The molecule has 208 valence electrons. The molecule has 1 saturated heterocycles. The SMILES string of the molecule is CON(C(=O)C1=CC=CC(=C=O)C1N1CCN(C)CC1)c1ccc(C(=O)N2CCCCc3cc(Cl)ccc32)cn1. The first-order chi connectivity index (χ1) is 19.4. The van der Waals surface area contributed by atoms with E-state index < -0.39 is 11.9 Å². The number of halogens is 1. The molecular weight excluding hydrogens is 530 g/mol. The van der Waals surface area contributed by atoms with Crippen LogP contribution in [-0.2, 0) is 20.8 Å². The smallest absolute Gasteiger partial charge is 0.281 e. The molecule has 2 aromatic rings. The zero-order valence-corrected chi connectivity index (χ0v) is 23.4. The summed E-state index contributed by atoms with van der Waals surface area (Å²) in [6.45, 7) is 3.66. The summed E-state index contributed by atoms with van der Waals surface area (Å²) in [6.07, 6.45) is 9.25. The Hall–Kier alpha value is -3.59. The van der Waals surface area contributed by atoms with Crippen LogP contribution in [0.15, 0.2) is 65.9 Å². The number of anilines is 2. The number of carbonyl (C=O) groups is 2. The minimum absolute atomic E-state index is 0.171. The monoisotopic (exact) mass is 561 g/mol. The van der Waals surface area contributed by atoms with Gasteiger partial charge in [-0.05, 0) is 68.3 Å². The minimum atomic E-state index is -0.529. The standard InChI is InChI=1S/C30H32ClN5O4/c1-33-14-16-34(17-15-33)28-23(20-37)7-5-8-25(28)30(39)36(40-2)27-12-9-22(19-32-27)29(38)35-13-4-3-6-21-18-24(31)10-11-26(21)35/h5,7-12,18-19,28H,3-4,6,13-17H2,1-2H3. The van der Waals surface area contributed by atoms with Gasteiger partial charge in [-0.3, -0.25) is 19.3 Å². The number of hydrogen-bond donors (Lipinski definition) is 0. The molecule has 10 heteroatoms. The first-order valence-electron chi connectivity index (χ1n) is 13.4. The van der Waals surface area contributed by atoms with Crippen molar-refractivity contribution < 1.29 is 19.2 Å². The van der Waals surface area contributed by atoms with Gasteiger partial charge in [0.25, 0.3) is 11.8 Å². The summed E-state index contributed by atoms with van der Waals surface area (Å²) in [4.78, 5) is 55.1. The van der Waals surface area contributed by atoms with Crippen molar-refractivity contribution in [1.29, 1.82) is 0 Å². The number of rotatable bonds is 5. The molecule has 0 radical (unpaired) electrons. The molecule has 0 bridgehead atoms. The molecule has 9 nitrogen and oxygen atoms in total. The number of amides is 2. The Morgan fingerprint density at radius 2 is 1.90 bits per heavy atom. The van der Waals surface area contributed by atoms with E-state index >= 15 is 0 Å². The predicted octanol–water partition coefficient (Wildman–Crippen LogP) is 3.48. The van der Waals surface area contributed by atoms with Gasteiger partial charge >= 0.3 is 0 Å². The highest BCUT2D eigenvalue weighted by Gasteiger charge is 2.36. The second-order valence-electron chi connectivity index (χ2n) is 10.2. The van der Waals surface area contributed by atoms with Crippen molar-refractivity contribution in [3.05, 3.63) is 82.1 Å². The zero-order chi connectivity index (χ0) is 28.2. The first-order valence-corrected chi connectivity index (χ1v) is 13.8. The third kappa shape index (κ3) is 5.66. The van der Waals surface area contributed by atoms with Gasteiger partial charge < -0.3 is 9.80 Å². The number of hydrogen-bond acceptors (Lipinski definition) is 7. The van der Waals surface area contributed by atoms with Crippen LogP contribution in [0.4, 0.5) is 11.5 Å². The van der Waals surface area contributed by atoms with Crippen molar-refractivity contribution in [3.63, 3.8) is 0 Å². The summed E-state index contributed by atoms with van der Waals surface area (Å²) in [5.41, 5.74) is 3.10. The van der Waals surface area contributed by atoms with Crippen LogP contribution in [0.3, 0.4) is 0 Å².